The van der Waals surface area contributed by atoms with Gasteiger partial charge in [-0.05, 0) is 7.05 Å². The van der Waals surface area contributed by atoms with E-state index in [0.717, 1.165) is 0 Å². The molecule has 0 aliphatic carbocycles. The molecule has 0 aromatic rings. The SMILES string of the molecule is C=CC[N]NC(=O)CNC. The number of carbonyl (C=O) groups excluding carboxylic acids is 1. The Balaban J connectivity index is 3.13. The summed E-state index contributed by atoms with van der Waals surface area (Å²) in [6.07, 6.45) is 1.61. The third kappa shape index (κ3) is 5.27. The second kappa shape index (κ2) is 6.25. The van der Waals surface area contributed by atoms with Gasteiger partial charge in [0.2, 0.25) is 5.91 Å². The molecule has 0 bridgehead atoms. The summed E-state index contributed by atoms with van der Waals surface area (Å²) < 4.78 is 0. The molecule has 0 fully saturated rings. The lowest BCUT2D eigenvalue weighted by Gasteiger charge is -2.00. The fourth-order valence-corrected chi connectivity index (χ4v) is 0.398. The van der Waals surface area contributed by atoms with Gasteiger partial charge in [0.15, 0.2) is 0 Å². The lowest BCUT2D eigenvalue weighted by atomic mass is 10.6. The van der Waals surface area contributed by atoms with Gasteiger partial charge in [-0.25, -0.2) is 0 Å². The van der Waals surface area contributed by atoms with E-state index in [9.17, 15) is 4.79 Å². The zero-order valence-corrected chi connectivity index (χ0v) is 6.05. The molecule has 1 radical (unpaired) electrons. The summed E-state index contributed by atoms with van der Waals surface area (Å²) in [5.41, 5.74) is 5.99. The Morgan fingerprint density at radius 1 is 1.80 bits per heavy atom. The van der Waals surface area contributed by atoms with Gasteiger partial charge < -0.3 is 5.32 Å². The molecular weight excluding hydrogens is 130 g/mol. The van der Waals surface area contributed by atoms with Crippen molar-refractivity contribution in [3.8, 4) is 0 Å². The van der Waals surface area contributed by atoms with Crippen LogP contribution in [0.2, 0.25) is 0 Å². The highest BCUT2D eigenvalue weighted by Gasteiger charge is 1.94. The molecular formula is C6H12N3O. The van der Waals surface area contributed by atoms with Crippen LogP contribution in [0.4, 0.5) is 0 Å². The summed E-state index contributed by atoms with van der Waals surface area (Å²) in [6, 6.07) is 0. The first-order valence-corrected chi connectivity index (χ1v) is 3.02. The van der Waals surface area contributed by atoms with Gasteiger partial charge in [0.1, 0.15) is 0 Å². The van der Waals surface area contributed by atoms with Crippen LogP contribution < -0.4 is 16.2 Å². The van der Waals surface area contributed by atoms with Gasteiger partial charge in [0, 0.05) is 0 Å². The van der Waals surface area contributed by atoms with Gasteiger partial charge in [0.25, 0.3) is 0 Å². The average molecular weight is 142 g/mol. The van der Waals surface area contributed by atoms with E-state index in [1.165, 1.54) is 0 Å². The quantitative estimate of drug-likeness (QED) is 0.295. The summed E-state index contributed by atoms with van der Waals surface area (Å²) in [5, 5.41) is 2.70. The minimum Gasteiger partial charge on any atom is -0.311 e. The number of amides is 1. The predicted molar refractivity (Wildman–Crippen MR) is 39.3 cm³/mol. The van der Waals surface area contributed by atoms with Crippen molar-refractivity contribution in [1.29, 1.82) is 0 Å². The molecule has 0 aliphatic rings. The molecule has 57 valence electrons. The van der Waals surface area contributed by atoms with Crippen LogP contribution in [-0.2, 0) is 4.79 Å². The topological polar surface area (TPSA) is 55.2 Å². The molecule has 0 rings (SSSR count). The molecule has 4 nitrogen and oxygen atoms in total. The van der Waals surface area contributed by atoms with E-state index >= 15 is 0 Å². The molecule has 0 spiro atoms. The number of likely N-dealkylation sites (N-methyl/N-ethyl adjacent to an activating group) is 1. The van der Waals surface area contributed by atoms with Gasteiger partial charge in [-0.2, -0.15) is 0 Å². The molecule has 0 aromatic heterocycles. The van der Waals surface area contributed by atoms with E-state index in [2.05, 4.69) is 22.7 Å². The Morgan fingerprint density at radius 3 is 3.00 bits per heavy atom. The van der Waals surface area contributed by atoms with Crippen LogP contribution in [0.25, 0.3) is 0 Å². The van der Waals surface area contributed by atoms with Crippen molar-refractivity contribution in [1.82, 2.24) is 16.2 Å². The smallest absolute Gasteiger partial charge is 0.249 e. The van der Waals surface area contributed by atoms with Crippen molar-refractivity contribution >= 4 is 5.91 Å². The van der Waals surface area contributed by atoms with E-state index in [4.69, 9.17) is 0 Å². The van der Waals surface area contributed by atoms with Gasteiger partial charge in [-0.15, -0.1) is 12.0 Å². The fourth-order valence-electron chi connectivity index (χ4n) is 0.398. The van der Waals surface area contributed by atoms with Gasteiger partial charge >= 0.3 is 0 Å². The Bertz CT molecular complexity index is 114. The standard InChI is InChI=1S/C6H12N3O/c1-3-4-8-9-6(10)5-7-2/h3,7H,1,4-5H2,2H3,(H,9,10). The molecule has 0 heterocycles. The second-order valence-electron chi connectivity index (χ2n) is 1.69. The predicted octanol–water partition coefficient (Wildman–Crippen LogP) is -0.973. The molecule has 0 unspecified atom stereocenters. The maximum Gasteiger partial charge on any atom is 0.249 e. The van der Waals surface area contributed by atoms with Gasteiger partial charge in [-0.3, -0.25) is 10.2 Å². The minimum atomic E-state index is -0.135. The van der Waals surface area contributed by atoms with Gasteiger partial charge in [-0.1, -0.05) is 6.08 Å². The monoisotopic (exact) mass is 142 g/mol. The second-order valence-corrected chi connectivity index (χ2v) is 1.69. The highest BCUT2D eigenvalue weighted by atomic mass is 16.2. The number of hydrogen-bond donors (Lipinski definition) is 2. The molecule has 0 aromatic carbocycles. The van der Waals surface area contributed by atoms with Crippen molar-refractivity contribution in [2.24, 2.45) is 0 Å². The van der Waals surface area contributed by atoms with Crippen LogP contribution in [0.5, 0.6) is 0 Å². The van der Waals surface area contributed by atoms with E-state index < -0.39 is 0 Å². The maximum atomic E-state index is 10.6. The fraction of sp³-hybridized carbons (Fsp3) is 0.500. The summed E-state index contributed by atoms with van der Waals surface area (Å²) in [6.45, 7) is 4.19. The Labute approximate surface area is 60.7 Å². The summed E-state index contributed by atoms with van der Waals surface area (Å²) in [5.74, 6) is -0.135. The molecule has 0 saturated heterocycles. The zero-order chi connectivity index (χ0) is 7.82. The highest BCUT2D eigenvalue weighted by Crippen LogP contribution is 1.61. The van der Waals surface area contributed by atoms with E-state index in [1.54, 1.807) is 13.1 Å². The largest absolute Gasteiger partial charge is 0.311 e. The normalized spacial score (nSPS) is 8.90. The molecule has 2 N–H and O–H groups in total. The maximum absolute atomic E-state index is 10.6. The Kier molecular flexibility index (Phi) is 5.71. The van der Waals surface area contributed by atoms with Crippen molar-refractivity contribution in [3.63, 3.8) is 0 Å². The van der Waals surface area contributed by atoms with E-state index in [1.807, 2.05) is 0 Å². The third-order valence-corrected chi connectivity index (χ3v) is 0.761. The first-order valence-electron chi connectivity index (χ1n) is 3.02. The number of carbonyl (C=O) groups is 1. The Morgan fingerprint density at radius 2 is 2.50 bits per heavy atom. The van der Waals surface area contributed by atoms with Gasteiger partial charge in [0.05, 0.1) is 13.1 Å². The van der Waals surface area contributed by atoms with Crippen molar-refractivity contribution in [2.45, 2.75) is 0 Å². The number of nitrogens with zero attached hydrogens (tertiary/aromatic N) is 1. The summed E-state index contributed by atoms with van der Waals surface area (Å²) in [7, 11) is 1.70. The lowest BCUT2D eigenvalue weighted by Crippen LogP contribution is -2.37. The summed E-state index contributed by atoms with van der Waals surface area (Å²) >= 11 is 0. The number of nitrogens with one attached hydrogen (secondary N) is 2. The lowest BCUT2D eigenvalue weighted by molar-refractivity contribution is -0.121. The van der Waals surface area contributed by atoms with Crippen molar-refractivity contribution in [2.75, 3.05) is 20.1 Å². The third-order valence-electron chi connectivity index (χ3n) is 0.761. The molecule has 0 atom stereocenters. The number of hydrogen-bond acceptors (Lipinski definition) is 2. The minimum absolute atomic E-state index is 0.135. The van der Waals surface area contributed by atoms with E-state index in [0.29, 0.717) is 13.1 Å². The van der Waals surface area contributed by atoms with Crippen LogP contribution in [0, 0.1) is 0 Å². The van der Waals surface area contributed by atoms with Crippen LogP contribution in [-0.4, -0.2) is 26.0 Å². The van der Waals surface area contributed by atoms with Crippen LogP contribution in [0.15, 0.2) is 12.7 Å². The molecule has 4 heteroatoms. The van der Waals surface area contributed by atoms with Crippen molar-refractivity contribution < 1.29 is 4.79 Å². The molecule has 0 saturated carbocycles. The van der Waals surface area contributed by atoms with E-state index in [-0.39, 0.29) is 5.91 Å². The average Bonchev–Trinajstić information content (AvgIpc) is 1.89. The first-order chi connectivity index (χ1) is 4.81. The molecule has 10 heavy (non-hydrogen) atoms. The van der Waals surface area contributed by atoms with Crippen LogP contribution >= 0.6 is 0 Å². The van der Waals surface area contributed by atoms with Crippen LogP contribution in [0.3, 0.4) is 0 Å². The molecule has 0 aliphatic heterocycles. The summed E-state index contributed by atoms with van der Waals surface area (Å²) in [4.78, 5) is 10.6. The highest BCUT2D eigenvalue weighted by molar-refractivity contribution is 5.77. The van der Waals surface area contributed by atoms with Crippen LogP contribution in [0.1, 0.15) is 0 Å². The number of rotatable bonds is 5. The first kappa shape index (κ1) is 9.13. The van der Waals surface area contributed by atoms with Crippen molar-refractivity contribution in [3.05, 3.63) is 12.7 Å². The molecule has 1 amide bonds. The Hall–Kier alpha value is -0.870. The zero-order valence-electron chi connectivity index (χ0n) is 6.05.